The van der Waals surface area contributed by atoms with Crippen LogP contribution < -0.4 is 16.4 Å². The molecule has 0 bridgehead atoms. The molecule has 0 aliphatic carbocycles. The van der Waals surface area contributed by atoms with E-state index in [1.54, 1.807) is 0 Å². The Bertz CT molecular complexity index is 422. The van der Waals surface area contributed by atoms with Crippen molar-refractivity contribution in [3.8, 4) is 0 Å². The number of nitrogens with one attached hydrogen (secondary N) is 2. The third kappa shape index (κ3) is 3.11. The number of hydrogen-bond acceptors (Lipinski definition) is 5. The molecule has 0 radical (unpaired) electrons. The van der Waals surface area contributed by atoms with Crippen LogP contribution in [0.1, 0.15) is 18.1 Å². The van der Waals surface area contributed by atoms with Crippen molar-refractivity contribution in [2.24, 2.45) is 0 Å². The summed E-state index contributed by atoms with van der Waals surface area (Å²) in [6.07, 6.45) is 0.445. The van der Waals surface area contributed by atoms with Gasteiger partial charge in [0.25, 0.3) is 0 Å². The molecular weight excluding hydrogens is 228 g/mol. The van der Waals surface area contributed by atoms with Crippen molar-refractivity contribution in [3.63, 3.8) is 0 Å². The highest BCUT2D eigenvalue weighted by molar-refractivity contribution is 5.53. The summed E-state index contributed by atoms with van der Waals surface area (Å²) in [6, 6.07) is 2.05. The lowest BCUT2D eigenvalue weighted by molar-refractivity contribution is -0.0196. The lowest BCUT2D eigenvalue weighted by atomic mass is 10.2. The highest BCUT2D eigenvalue weighted by Gasteiger charge is 2.18. The summed E-state index contributed by atoms with van der Waals surface area (Å²) in [6.45, 7) is 8.61. The number of morpholine rings is 1. The number of hydrogen-bond donors (Lipinski definition) is 3. The number of nitrogen functional groups attached to an aromatic ring is 1. The van der Waals surface area contributed by atoms with Crippen LogP contribution in [0.15, 0.2) is 6.07 Å². The summed E-state index contributed by atoms with van der Waals surface area (Å²) in [4.78, 5) is 4.37. The van der Waals surface area contributed by atoms with Crippen LogP contribution in [-0.4, -0.2) is 36.8 Å². The molecule has 2 atom stereocenters. The first-order chi connectivity index (χ1) is 8.56. The van der Waals surface area contributed by atoms with E-state index in [1.807, 2.05) is 19.9 Å². The first-order valence-electron chi connectivity index (χ1n) is 6.40. The Morgan fingerprint density at radius 3 is 2.94 bits per heavy atom. The van der Waals surface area contributed by atoms with E-state index in [1.165, 1.54) is 0 Å². The smallest absolute Gasteiger partial charge is 0.131 e. The normalized spacial score (nSPS) is 23.9. The Morgan fingerprint density at radius 2 is 2.22 bits per heavy atom. The van der Waals surface area contributed by atoms with Gasteiger partial charge in [-0.3, -0.25) is 0 Å². The van der Waals surface area contributed by atoms with Crippen LogP contribution >= 0.6 is 0 Å². The van der Waals surface area contributed by atoms with Gasteiger partial charge in [0, 0.05) is 19.6 Å². The molecule has 5 heteroatoms. The van der Waals surface area contributed by atoms with Crippen molar-refractivity contribution in [1.82, 2.24) is 10.3 Å². The van der Waals surface area contributed by atoms with Gasteiger partial charge in [0.2, 0.25) is 0 Å². The molecule has 0 unspecified atom stereocenters. The zero-order valence-corrected chi connectivity index (χ0v) is 11.3. The number of rotatable bonds is 3. The van der Waals surface area contributed by atoms with Gasteiger partial charge in [-0.1, -0.05) is 0 Å². The van der Waals surface area contributed by atoms with E-state index in [0.29, 0.717) is 5.82 Å². The zero-order valence-electron chi connectivity index (χ0n) is 11.3. The van der Waals surface area contributed by atoms with Gasteiger partial charge in [-0.05, 0) is 38.0 Å². The molecule has 2 rings (SSSR count). The van der Waals surface area contributed by atoms with Crippen LogP contribution in [0.25, 0.3) is 0 Å². The van der Waals surface area contributed by atoms with Gasteiger partial charge in [0.15, 0.2) is 0 Å². The van der Waals surface area contributed by atoms with Crippen molar-refractivity contribution >= 4 is 11.6 Å². The number of nitrogens with zero attached hydrogens (tertiary/aromatic N) is 1. The molecule has 1 aliphatic heterocycles. The lowest BCUT2D eigenvalue weighted by Crippen LogP contribution is -2.46. The van der Waals surface area contributed by atoms with Crippen LogP contribution in [0.5, 0.6) is 0 Å². The number of pyridine rings is 1. The molecule has 0 amide bonds. The van der Waals surface area contributed by atoms with E-state index in [0.717, 1.165) is 36.6 Å². The number of ether oxygens (including phenoxy) is 1. The van der Waals surface area contributed by atoms with E-state index in [9.17, 15) is 0 Å². The van der Waals surface area contributed by atoms with Gasteiger partial charge in [-0.2, -0.15) is 0 Å². The summed E-state index contributed by atoms with van der Waals surface area (Å²) in [7, 11) is 0. The third-order valence-corrected chi connectivity index (χ3v) is 3.17. The number of anilines is 2. The highest BCUT2D eigenvalue weighted by atomic mass is 16.5. The fraction of sp³-hybridized carbons (Fsp3) is 0.615. The zero-order chi connectivity index (χ0) is 13.1. The quantitative estimate of drug-likeness (QED) is 0.748. The van der Waals surface area contributed by atoms with Crippen LogP contribution in [0, 0.1) is 13.8 Å². The Morgan fingerprint density at radius 1 is 1.44 bits per heavy atom. The first kappa shape index (κ1) is 13.1. The van der Waals surface area contributed by atoms with E-state index < -0.39 is 0 Å². The van der Waals surface area contributed by atoms with Crippen LogP contribution in [0.4, 0.5) is 11.6 Å². The molecule has 1 aromatic heterocycles. The number of aromatic nitrogens is 1. The average Bonchev–Trinajstić information content (AvgIpc) is 2.32. The van der Waals surface area contributed by atoms with Crippen molar-refractivity contribution in [2.75, 3.05) is 30.7 Å². The molecule has 4 N–H and O–H groups in total. The molecule has 0 aromatic carbocycles. The van der Waals surface area contributed by atoms with Crippen LogP contribution in [0.3, 0.4) is 0 Å². The van der Waals surface area contributed by atoms with Gasteiger partial charge < -0.3 is 21.1 Å². The molecule has 5 nitrogen and oxygen atoms in total. The minimum Gasteiger partial charge on any atom is -0.383 e. The molecule has 100 valence electrons. The van der Waals surface area contributed by atoms with Gasteiger partial charge in [0.05, 0.1) is 12.2 Å². The SMILES string of the molecule is Cc1cc(C)c(NC[C@@H]2CNC[C@@H](C)O2)nc1N. The predicted molar refractivity (Wildman–Crippen MR) is 73.8 cm³/mol. The number of nitrogens with two attached hydrogens (primary N) is 1. The largest absolute Gasteiger partial charge is 0.383 e. The Kier molecular flexibility index (Phi) is 4.04. The Hall–Kier alpha value is -1.33. The maximum absolute atomic E-state index is 5.83. The van der Waals surface area contributed by atoms with E-state index >= 15 is 0 Å². The molecular formula is C13H22N4O. The molecule has 1 fully saturated rings. The topological polar surface area (TPSA) is 72.2 Å². The molecule has 18 heavy (non-hydrogen) atoms. The number of aryl methyl sites for hydroxylation is 2. The second-order valence-corrected chi connectivity index (χ2v) is 4.96. The fourth-order valence-electron chi connectivity index (χ4n) is 2.15. The van der Waals surface area contributed by atoms with Crippen molar-refractivity contribution in [2.45, 2.75) is 33.0 Å². The van der Waals surface area contributed by atoms with Gasteiger partial charge in [-0.25, -0.2) is 4.98 Å². The molecule has 1 saturated heterocycles. The van der Waals surface area contributed by atoms with E-state index in [4.69, 9.17) is 10.5 Å². The maximum Gasteiger partial charge on any atom is 0.131 e. The van der Waals surface area contributed by atoms with E-state index in [2.05, 4.69) is 22.5 Å². The molecule has 1 aliphatic rings. The molecule has 0 saturated carbocycles. The first-order valence-corrected chi connectivity index (χ1v) is 6.40. The summed E-state index contributed by atoms with van der Waals surface area (Å²) < 4.78 is 5.82. The molecule has 1 aromatic rings. The molecule has 0 spiro atoms. The lowest BCUT2D eigenvalue weighted by Gasteiger charge is -2.29. The Balaban J connectivity index is 1.95. The van der Waals surface area contributed by atoms with Gasteiger partial charge >= 0.3 is 0 Å². The predicted octanol–water partition coefficient (Wildman–Crippen LogP) is 1.07. The van der Waals surface area contributed by atoms with Crippen molar-refractivity contribution in [3.05, 3.63) is 17.2 Å². The summed E-state index contributed by atoms with van der Waals surface area (Å²) in [5.41, 5.74) is 7.95. The van der Waals surface area contributed by atoms with Crippen molar-refractivity contribution in [1.29, 1.82) is 0 Å². The monoisotopic (exact) mass is 250 g/mol. The van der Waals surface area contributed by atoms with Gasteiger partial charge in [0.1, 0.15) is 11.6 Å². The Labute approximate surface area is 108 Å². The fourth-order valence-corrected chi connectivity index (χ4v) is 2.15. The standard InChI is InChI=1S/C13H22N4O/c1-8-4-9(2)13(17-12(8)14)16-7-11-6-15-5-10(3)18-11/h4,10-11,15H,5-7H2,1-3H3,(H3,14,16,17)/t10-,11+/m1/s1. The van der Waals surface area contributed by atoms with Gasteiger partial charge in [-0.15, -0.1) is 0 Å². The van der Waals surface area contributed by atoms with Crippen molar-refractivity contribution < 1.29 is 4.74 Å². The minimum absolute atomic E-state index is 0.178. The summed E-state index contributed by atoms with van der Waals surface area (Å²) in [5, 5.41) is 6.66. The average molecular weight is 250 g/mol. The second kappa shape index (κ2) is 5.54. The van der Waals surface area contributed by atoms with Crippen LogP contribution in [-0.2, 0) is 4.74 Å². The maximum atomic E-state index is 5.83. The second-order valence-electron chi connectivity index (χ2n) is 4.96. The minimum atomic E-state index is 0.178. The third-order valence-electron chi connectivity index (χ3n) is 3.17. The van der Waals surface area contributed by atoms with Crippen LogP contribution in [0.2, 0.25) is 0 Å². The summed E-state index contributed by atoms with van der Waals surface area (Å²) >= 11 is 0. The summed E-state index contributed by atoms with van der Waals surface area (Å²) in [5.74, 6) is 1.43. The highest BCUT2D eigenvalue weighted by Crippen LogP contribution is 2.18. The molecule has 2 heterocycles. The van der Waals surface area contributed by atoms with E-state index in [-0.39, 0.29) is 12.2 Å².